The molecule has 0 aliphatic heterocycles. The maximum atomic E-state index is 12.2. The van der Waals surface area contributed by atoms with Crippen LogP contribution in [0, 0.1) is 10.1 Å². The average molecular weight is 516 g/mol. The summed E-state index contributed by atoms with van der Waals surface area (Å²) in [6.45, 7) is -0.0440. The SMILES string of the molecule is Cl.NC(N)=NCCS(=O)(=O)Nc1ccc(Nc2c3ccccc3nc3cc([N+](=O)[O-])ccc23)cc1. The molecule has 0 fully saturated rings. The molecule has 4 rings (SSSR count). The number of anilines is 3. The van der Waals surface area contributed by atoms with Gasteiger partial charge in [0.1, 0.15) is 0 Å². The van der Waals surface area contributed by atoms with Crippen LogP contribution in [0.4, 0.5) is 22.7 Å². The van der Waals surface area contributed by atoms with Gasteiger partial charge in [0.2, 0.25) is 10.0 Å². The molecule has 1 heterocycles. The number of sulfonamides is 1. The Bertz CT molecular complexity index is 1520. The highest BCUT2D eigenvalue weighted by molar-refractivity contribution is 7.92. The number of hydrogen-bond acceptors (Lipinski definition) is 7. The summed E-state index contributed by atoms with van der Waals surface area (Å²) >= 11 is 0. The fourth-order valence-corrected chi connectivity index (χ4v) is 4.35. The van der Waals surface area contributed by atoms with Gasteiger partial charge >= 0.3 is 0 Å². The Balaban J connectivity index is 0.00000342. The van der Waals surface area contributed by atoms with Crippen molar-refractivity contribution in [1.29, 1.82) is 0 Å². The van der Waals surface area contributed by atoms with Crippen LogP contribution in [0.2, 0.25) is 0 Å². The van der Waals surface area contributed by atoms with Gasteiger partial charge in [-0.1, -0.05) is 18.2 Å². The number of non-ortho nitro benzene ring substituents is 1. The minimum absolute atomic E-state index is 0. The minimum atomic E-state index is -3.62. The topological polar surface area (TPSA) is 179 Å². The number of pyridine rings is 1. The molecule has 0 spiro atoms. The summed E-state index contributed by atoms with van der Waals surface area (Å²) in [5, 5.41) is 16.1. The van der Waals surface area contributed by atoms with E-state index < -0.39 is 14.9 Å². The maximum Gasteiger partial charge on any atom is 0.271 e. The Hall–Kier alpha value is -4.16. The minimum Gasteiger partial charge on any atom is -0.370 e. The van der Waals surface area contributed by atoms with E-state index in [0.29, 0.717) is 27.8 Å². The van der Waals surface area contributed by atoms with Gasteiger partial charge in [0.15, 0.2) is 5.96 Å². The van der Waals surface area contributed by atoms with E-state index in [1.54, 1.807) is 30.3 Å². The molecule has 4 aromatic rings. The molecule has 0 aliphatic rings. The third-order valence-electron chi connectivity index (χ3n) is 4.96. The molecule has 0 saturated carbocycles. The molecule has 0 saturated heterocycles. The second-order valence-electron chi connectivity index (χ2n) is 7.39. The number of nitrogens with zero attached hydrogens (tertiary/aromatic N) is 3. The van der Waals surface area contributed by atoms with Crippen LogP contribution in [0.15, 0.2) is 71.7 Å². The van der Waals surface area contributed by atoms with Crippen LogP contribution < -0.4 is 21.5 Å². The predicted molar refractivity (Wildman–Crippen MR) is 141 cm³/mol. The Morgan fingerprint density at radius 3 is 2.31 bits per heavy atom. The van der Waals surface area contributed by atoms with Crippen molar-refractivity contribution in [1.82, 2.24) is 4.98 Å². The number of rotatable bonds is 8. The Labute approximate surface area is 206 Å². The van der Waals surface area contributed by atoms with Crippen molar-refractivity contribution in [3.63, 3.8) is 0 Å². The summed E-state index contributed by atoms with van der Waals surface area (Å²) in [5.41, 5.74) is 13.4. The number of guanidine groups is 1. The first-order valence-corrected chi connectivity index (χ1v) is 11.8. The van der Waals surface area contributed by atoms with Crippen LogP contribution in [0.3, 0.4) is 0 Å². The number of nitro groups is 1. The summed E-state index contributed by atoms with van der Waals surface area (Å²) in [6.07, 6.45) is 0. The number of hydrogen-bond donors (Lipinski definition) is 4. The van der Waals surface area contributed by atoms with Crippen molar-refractivity contribution in [3.8, 4) is 0 Å². The maximum absolute atomic E-state index is 12.2. The van der Waals surface area contributed by atoms with Crippen molar-refractivity contribution < 1.29 is 13.3 Å². The number of aromatic nitrogens is 1. The summed E-state index contributed by atoms with van der Waals surface area (Å²) < 4.78 is 26.9. The molecule has 0 atom stereocenters. The molecule has 11 nitrogen and oxygen atoms in total. The molecule has 0 aliphatic carbocycles. The Morgan fingerprint density at radius 2 is 1.63 bits per heavy atom. The number of benzene rings is 3. The van der Waals surface area contributed by atoms with Crippen LogP contribution in [-0.4, -0.2) is 36.6 Å². The zero-order valence-corrected chi connectivity index (χ0v) is 19.8. The summed E-state index contributed by atoms with van der Waals surface area (Å²) in [5.74, 6) is -0.428. The first-order valence-electron chi connectivity index (χ1n) is 10.1. The first-order chi connectivity index (χ1) is 16.2. The number of halogens is 1. The standard InChI is InChI=1S/C22H21N7O4S.ClH/c23-22(24)25-11-12-34(32,33)28-15-7-5-14(6-8-15)26-21-17-3-1-2-4-19(17)27-20-13-16(29(30)31)9-10-18(20)21;/h1-10,13,28H,11-12H2,(H,26,27)(H4,23,24,25);1H. The largest absolute Gasteiger partial charge is 0.370 e. The van der Waals surface area contributed by atoms with Gasteiger partial charge in [0.05, 0.1) is 33.9 Å². The molecule has 0 amide bonds. The van der Waals surface area contributed by atoms with Crippen molar-refractivity contribution in [2.45, 2.75) is 0 Å². The second-order valence-corrected chi connectivity index (χ2v) is 9.23. The van der Waals surface area contributed by atoms with Crippen molar-refractivity contribution in [3.05, 3.63) is 76.8 Å². The number of nitrogens with two attached hydrogens (primary N) is 2. The molecule has 182 valence electrons. The summed E-state index contributed by atoms with van der Waals surface area (Å²) in [4.78, 5) is 19.0. The van der Waals surface area contributed by atoms with E-state index in [2.05, 4.69) is 20.0 Å². The fourth-order valence-electron chi connectivity index (χ4n) is 3.42. The molecular formula is C22H22ClN7O4S. The van der Waals surface area contributed by atoms with Gasteiger partial charge < -0.3 is 16.8 Å². The zero-order chi connectivity index (χ0) is 24.3. The van der Waals surface area contributed by atoms with Crippen molar-refractivity contribution >= 4 is 72.9 Å². The highest BCUT2D eigenvalue weighted by Gasteiger charge is 2.14. The molecular weight excluding hydrogens is 494 g/mol. The molecule has 35 heavy (non-hydrogen) atoms. The van der Waals surface area contributed by atoms with Gasteiger partial charge in [-0.15, -0.1) is 12.4 Å². The van der Waals surface area contributed by atoms with Crippen LogP contribution in [0.25, 0.3) is 21.8 Å². The normalized spacial score (nSPS) is 11.0. The molecule has 6 N–H and O–H groups in total. The molecule has 0 radical (unpaired) electrons. The van der Waals surface area contributed by atoms with Gasteiger partial charge in [-0.05, 0) is 36.4 Å². The highest BCUT2D eigenvalue weighted by atomic mass is 35.5. The number of nitro benzene ring substituents is 1. The van der Waals surface area contributed by atoms with E-state index in [-0.39, 0.29) is 36.4 Å². The zero-order valence-electron chi connectivity index (χ0n) is 18.2. The van der Waals surface area contributed by atoms with E-state index in [4.69, 9.17) is 11.5 Å². The third kappa shape index (κ3) is 6.05. The van der Waals surface area contributed by atoms with Gasteiger partial charge in [-0.2, -0.15) is 0 Å². The van der Waals surface area contributed by atoms with Crippen LogP contribution in [-0.2, 0) is 10.0 Å². The van der Waals surface area contributed by atoms with E-state index in [9.17, 15) is 18.5 Å². The number of aliphatic imine (C=N–C) groups is 1. The number of nitrogens with one attached hydrogen (secondary N) is 2. The van der Waals surface area contributed by atoms with Gasteiger partial charge in [0, 0.05) is 34.3 Å². The predicted octanol–water partition coefficient (Wildman–Crippen LogP) is 3.48. The van der Waals surface area contributed by atoms with Gasteiger partial charge in [0.25, 0.3) is 5.69 Å². The van der Waals surface area contributed by atoms with E-state index in [1.165, 1.54) is 12.1 Å². The van der Waals surface area contributed by atoms with Gasteiger partial charge in [-0.25, -0.2) is 13.4 Å². The summed E-state index contributed by atoms with van der Waals surface area (Å²) in [6, 6.07) is 18.7. The van der Waals surface area contributed by atoms with Crippen molar-refractivity contribution in [2.75, 3.05) is 22.3 Å². The first kappa shape index (κ1) is 25.5. The average Bonchev–Trinajstić information content (AvgIpc) is 2.79. The van der Waals surface area contributed by atoms with Crippen LogP contribution in [0.1, 0.15) is 0 Å². The van der Waals surface area contributed by atoms with Gasteiger partial charge in [-0.3, -0.25) is 19.8 Å². The lowest BCUT2D eigenvalue weighted by molar-refractivity contribution is -0.384. The molecule has 1 aromatic heterocycles. The number of fused-ring (bicyclic) bond motifs is 2. The Morgan fingerprint density at radius 1 is 0.971 bits per heavy atom. The quantitative estimate of drug-likeness (QED) is 0.0904. The number of para-hydroxylation sites is 1. The fraction of sp³-hybridized carbons (Fsp3) is 0.0909. The lowest BCUT2D eigenvalue weighted by Crippen LogP contribution is -2.25. The van der Waals surface area contributed by atoms with Crippen molar-refractivity contribution in [2.24, 2.45) is 16.5 Å². The second kappa shape index (κ2) is 10.4. The third-order valence-corrected chi connectivity index (χ3v) is 6.22. The lowest BCUT2D eigenvalue weighted by atomic mass is 10.1. The summed E-state index contributed by atoms with van der Waals surface area (Å²) in [7, 11) is -3.62. The molecule has 0 bridgehead atoms. The van der Waals surface area contributed by atoms with Crippen LogP contribution in [0.5, 0.6) is 0 Å². The molecule has 0 unspecified atom stereocenters. The molecule has 13 heteroatoms. The molecule has 3 aromatic carbocycles. The van der Waals surface area contributed by atoms with E-state index in [1.807, 2.05) is 24.3 Å². The van der Waals surface area contributed by atoms with Crippen LogP contribution >= 0.6 is 12.4 Å². The lowest BCUT2D eigenvalue weighted by Gasteiger charge is -2.14. The monoisotopic (exact) mass is 515 g/mol. The Kier molecular flexibility index (Phi) is 7.57. The van der Waals surface area contributed by atoms with E-state index >= 15 is 0 Å². The van der Waals surface area contributed by atoms with E-state index in [0.717, 1.165) is 11.1 Å². The highest BCUT2D eigenvalue weighted by Crippen LogP contribution is 2.34. The smallest absolute Gasteiger partial charge is 0.271 e.